The molecule has 0 amide bonds. The number of thiazole rings is 1. The first-order valence-electron chi connectivity index (χ1n) is 3.78. The van der Waals surface area contributed by atoms with Gasteiger partial charge >= 0.3 is 5.00 Å². The Kier molecular flexibility index (Phi) is 2.45. The lowest BCUT2D eigenvalue weighted by atomic mass is 10.1. The molecule has 2 aromatic rings. The summed E-state index contributed by atoms with van der Waals surface area (Å²) in [6.07, 6.45) is 0. The number of nitrogens with zero attached hydrogens (tertiary/aromatic N) is 3. The summed E-state index contributed by atoms with van der Waals surface area (Å²) in [6, 6.07) is 1.93. The van der Waals surface area contributed by atoms with Gasteiger partial charge in [-0.2, -0.15) is 5.26 Å². The zero-order valence-electron chi connectivity index (χ0n) is 7.21. The number of rotatable bonds is 2. The molecule has 0 N–H and O–H groups in total. The van der Waals surface area contributed by atoms with Crippen molar-refractivity contribution in [1.82, 2.24) is 4.98 Å². The number of thiophene rings is 1. The van der Waals surface area contributed by atoms with Crippen LogP contribution in [0.1, 0.15) is 5.56 Å². The van der Waals surface area contributed by atoms with Crippen molar-refractivity contribution in [3.05, 3.63) is 31.9 Å². The molecule has 7 heteroatoms. The zero-order chi connectivity index (χ0) is 10.8. The van der Waals surface area contributed by atoms with E-state index in [9.17, 15) is 10.1 Å². The molecular formula is C8H3N3O2S2. The second-order valence-corrected chi connectivity index (χ2v) is 4.15. The van der Waals surface area contributed by atoms with Gasteiger partial charge in [0.25, 0.3) is 0 Å². The minimum absolute atomic E-state index is 0.0301. The van der Waals surface area contributed by atoms with Gasteiger partial charge in [-0.15, -0.1) is 11.3 Å². The van der Waals surface area contributed by atoms with Crippen LogP contribution in [0.15, 0.2) is 16.3 Å². The summed E-state index contributed by atoms with van der Waals surface area (Å²) in [6.45, 7) is 0. The Bertz CT molecular complexity index is 539. The Labute approximate surface area is 92.4 Å². The second kappa shape index (κ2) is 3.76. The lowest BCUT2D eigenvalue weighted by Crippen LogP contribution is -1.88. The summed E-state index contributed by atoms with van der Waals surface area (Å²) in [7, 11) is 0. The Morgan fingerprint density at radius 2 is 2.33 bits per heavy atom. The lowest BCUT2D eigenvalue weighted by Gasteiger charge is -1.92. The highest BCUT2D eigenvalue weighted by Gasteiger charge is 2.23. The third-order valence-electron chi connectivity index (χ3n) is 1.75. The van der Waals surface area contributed by atoms with E-state index >= 15 is 0 Å². The van der Waals surface area contributed by atoms with Crippen LogP contribution in [0.3, 0.4) is 0 Å². The second-order valence-electron chi connectivity index (χ2n) is 2.57. The lowest BCUT2D eigenvalue weighted by molar-refractivity contribution is -0.379. The van der Waals surface area contributed by atoms with Gasteiger partial charge in [0.05, 0.1) is 21.7 Å². The van der Waals surface area contributed by atoms with E-state index in [1.54, 1.807) is 10.9 Å². The van der Waals surface area contributed by atoms with Crippen molar-refractivity contribution >= 4 is 27.7 Å². The monoisotopic (exact) mass is 237 g/mol. The zero-order valence-corrected chi connectivity index (χ0v) is 8.84. The van der Waals surface area contributed by atoms with Crippen LogP contribution in [0.5, 0.6) is 0 Å². The molecule has 0 aliphatic heterocycles. The molecule has 0 saturated carbocycles. The van der Waals surface area contributed by atoms with Crippen molar-refractivity contribution in [2.75, 3.05) is 0 Å². The molecule has 0 spiro atoms. The number of nitro groups is 1. The fraction of sp³-hybridized carbons (Fsp3) is 0. The van der Waals surface area contributed by atoms with Crippen LogP contribution >= 0.6 is 22.7 Å². The predicted octanol–water partition coefficient (Wildman–Crippen LogP) is 2.65. The Morgan fingerprint density at radius 1 is 1.53 bits per heavy atom. The van der Waals surface area contributed by atoms with Gasteiger partial charge in [0, 0.05) is 10.8 Å². The number of hydrogen-bond acceptors (Lipinski definition) is 6. The highest BCUT2D eigenvalue weighted by Crippen LogP contribution is 2.37. The quantitative estimate of drug-likeness (QED) is 0.594. The van der Waals surface area contributed by atoms with Crippen LogP contribution in [0.25, 0.3) is 11.3 Å². The van der Waals surface area contributed by atoms with Crippen LogP contribution in [0.2, 0.25) is 0 Å². The van der Waals surface area contributed by atoms with Gasteiger partial charge in [-0.3, -0.25) is 10.1 Å². The molecule has 2 rings (SSSR count). The molecule has 0 saturated heterocycles. The predicted molar refractivity (Wildman–Crippen MR) is 56.8 cm³/mol. The van der Waals surface area contributed by atoms with Gasteiger partial charge in [0.2, 0.25) is 0 Å². The van der Waals surface area contributed by atoms with E-state index in [1.165, 1.54) is 16.7 Å². The average Bonchev–Trinajstić information content (AvgIpc) is 2.85. The molecule has 0 aliphatic carbocycles. The molecule has 0 bridgehead atoms. The summed E-state index contributed by atoms with van der Waals surface area (Å²) in [4.78, 5) is 14.2. The van der Waals surface area contributed by atoms with Gasteiger partial charge < -0.3 is 0 Å². The molecular weight excluding hydrogens is 234 g/mol. The number of nitriles is 1. The van der Waals surface area contributed by atoms with Gasteiger partial charge in [0.1, 0.15) is 11.6 Å². The van der Waals surface area contributed by atoms with Crippen LogP contribution in [0, 0.1) is 21.4 Å². The van der Waals surface area contributed by atoms with Crippen LogP contribution in [0.4, 0.5) is 5.00 Å². The van der Waals surface area contributed by atoms with Gasteiger partial charge in [0.15, 0.2) is 0 Å². The van der Waals surface area contributed by atoms with Crippen LogP contribution in [-0.2, 0) is 0 Å². The van der Waals surface area contributed by atoms with E-state index in [-0.39, 0.29) is 5.00 Å². The molecule has 0 radical (unpaired) electrons. The van der Waals surface area contributed by atoms with Crippen molar-refractivity contribution < 1.29 is 4.92 Å². The molecule has 2 heterocycles. The van der Waals surface area contributed by atoms with Crippen molar-refractivity contribution in [2.24, 2.45) is 0 Å². The molecule has 0 aliphatic rings. The summed E-state index contributed by atoms with van der Waals surface area (Å²) in [5.41, 5.74) is 2.70. The smallest absolute Gasteiger partial charge is 0.258 e. The van der Waals surface area contributed by atoms with E-state index in [0.29, 0.717) is 16.8 Å². The van der Waals surface area contributed by atoms with Crippen molar-refractivity contribution in [1.29, 1.82) is 5.26 Å². The first kappa shape index (κ1) is 9.76. The largest absolute Gasteiger partial charge is 0.334 e. The fourth-order valence-corrected chi connectivity index (χ4v) is 2.51. The third-order valence-corrected chi connectivity index (χ3v) is 3.26. The third kappa shape index (κ3) is 1.60. The van der Waals surface area contributed by atoms with E-state index < -0.39 is 4.92 Å². The number of hydrogen-bond donors (Lipinski definition) is 0. The maximum Gasteiger partial charge on any atom is 0.334 e. The first-order valence-corrected chi connectivity index (χ1v) is 5.61. The van der Waals surface area contributed by atoms with Crippen LogP contribution in [-0.4, -0.2) is 9.91 Å². The minimum Gasteiger partial charge on any atom is -0.258 e. The molecule has 0 unspecified atom stereocenters. The summed E-state index contributed by atoms with van der Waals surface area (Å²) < 4.78 is 0. The molecule has 2 aromatic heterocycles. The normalized spacial score (nSPS) is 9.80. The molecule has 0 atom stereocenters. The SMILES string of the molecule is N#Cc1csc([N+](=O)[O-])c1-c1cscn1. The standard InChI is InChI=1S/C8H3N3O2S2/c9-1-5-2-15-8(11(12)13)7(5)6-3-14-4-10-6/h2-4H. The maximum atomic E-state index is 10.7. The van der Waals surface area contributed by atoms with Crippen molar-refractivity contribution in [3.8, 4) is 17.3 Å². The van der Waals surface area contributed by atoms with Crippen molar-refractivity contribution in [2.45, 2.75) is 0 Å². The van der Waals surface area contributed by atoms with E-state index in [4.69, 9.17) is 5.26 Å². The van der Waals surface area contributed by atoms with E-state index in [0.717, 1.165) is 11.3 Å². The van der Waals surface area contributed by atoms with Gasteiger partial charge in [-0.05, 0) is 0 Å². The Morgan fingerprint density at radius 3 is 2.87 bits per heavy atom. The molecule has 0 fully saturated rings. The Balaban J connectivity index is 2.67. The summed E-state index contributed by atoms with van der Waals surface area (Å²) in [5, 5.41) is 22.7. The fourth-order valence-electron chi connectivity index (χ4n) is 1.15. The van der Waals surface area contributed by atoms with Gasteiger partial charge in [-0.1, -0.05) is 11.3 Å². The number of aromatic nitrogens is 1. The summed E-state index contributed by atoms with van der Waals surface area (Å²) in [5.74, 6) is 0. The molecule has 74 valence electrons. The van der Waals surface area contributed by atoms with Gasteiger partial charge in [-0.25, -0.2) is 4.98 Å². The average molecular weight is 237 g/mol. The van der Waals surface area contributed by atoms with Crippen molar-refractivity contribution in [3.63, 3.8) is 0 Å². The Hall–Kier alpha value is -1.78. The highest BCUT2D eigenvalue weighted by atomic mass is 32.1. The highest BCUT2D eigenvalue weighted by molar-refractivity contribution is 7.14. The minimum atomic E-state index is -0.486. The molecule has 15 heavy (non-hydrogen) atoms. The molecule has 5 nitrogen and oxygen atoms in total. The van der Waals surface area contributed by atoms with Crippen LogP contribution < -0.4 is 0 Å². The maximum absolute atomic E-state index is 10.7. The summed E-state index contributed by atoms with van der Waals surface area (Å²) >= 11 is 2.29. The molecule has 0 aromatic carbocycles. The first-order chi connectivity index (χ1) is 7.24. The topological polar surface area (TPSA) is 79.8 Å². The van der Waals surface area contributed by atoms with E-state index in [1.807, 2.05) is 6.07 Å². The van der Waals surface area contributed by atoms with E-state index in [2.05, 4.69) is 4.98 Å².